The Labute approximate surface area is 160 Å². The topological polar surface area (TPSA) is 63.6 Å². The molecule has 3 aliphatic rings. The van der Waals surface area contributed by atoms with Crippen LogP contribution >= 0.6 is 0 Å². The van der Waals surface area contributed by atoms with Crippen LogP contribution in [-0.4, -0.2) is 23.0 Å². The summed E-state index contributed by atoms with van der Waals surface area (Å²) in [5.74, 6) is 1.09. The van der Waals surface area contributed by atoms with Crippen LogP contribution in [-0.2, 0) is 27.2 Å². The molecule has 0 spiro atoms. The average Bonchev–Trinajstić information content (AvgIpc) is 2.91. The maximum absolute atomic E-state index is 12.6. The van der Waals surface area contributed by atoms with Gasteiger partial charge in [-0.2, -0.15) is 0 Å². The van der Waals surface area contributed by atoms with Crippen LogP contribution in [0.4, 0.5) is 0 Å². The molecule has 3 unspecified atom stereocenters. The lowest BCUT2D eigenvalue weighted by Gasteiger charge is -2.51. The Bertz CT molecular complexity index is 811. The minimum Gasteiger partial charge on any atom is -0.508 e. The van der Waals surface area contributed by atoms with Gasteiger partial charge in [-0.15, -0.1) is 6.58 Å². The molecule has 1 N–H and O–H groups in total. The molecule has 0 bridgehead atoms. The second kappa shape index (κ2) is 6.50. The van der Waals surface area contributed by atoms with Gasteiger partial charge in [0.1, 0.15) is 17.6 Å². The Hall–Kier alpha value is -2.10. The minimum absolute atomic E-state index is 0.174. The Morgan fingerprint density at radius 1 is 1.41 bits per heavy atom. The zero-order chi connectivity index (χ0) is 19.3. The van der Waals surface area contributed by atoms with Crippen LogP contribution in [0.1, 0.15) is 62.1 Å². The molecule has 2 fully saturated rings. The fraction of sp³-hybridized carbons (Fsp3) is 0.565. The Morgan fingerprint density at radius 3 is 2.89 bits per heavy atom. The molecule has 0 amide bonds. The molecule has 4 nitrogen and oxygen atoms in total. The first kappa shape index (κ1) is 18.3. The number of carbonyl (C=O) groups is 2. The summed E-state index contributed by atoms with van der Waals surface area (Å²) in [5, 5.41) is 10.4. The lowest BCUT2D eigenvalue weighted by molar-refractivity contribution is -0.155. The highest BCUT2D eigenvalue weighted by Crippen LogP contribution is 2.60. The van der Waals surface area contributed by atoms with Gasteiger partial charge in [0.2, 0.25) is 0 Å². The number of rotatable bonds is 3. The standard InChI is InChI=1S/C23H28O4/c1-4-5-14-10-17-15(11-19(14)25)12-20(27-13(2)24)22-16(17)8-9-23(3)18(22)6-7-21(23)26/h4,10-11,16,18,20,22,25H,1,5-9,12H2,2-3H3/t16?,18?,20-,22?,23-/m0/s1. The van der Waals surface area contributed by atoms with E-state index in [2.05, 4.69) is 19.6 Å². The maximum Gasteiger partial charge on any atom is 0.302 e. The average molecular weight is 368 g/mol. The molecule has 0 saturated heterocycles. The van der Waals surface area contributed by atoms with Gasteiger partial charge in [0.15, 0.2) is 0 Å². The Balaban J connectivity index is 1.80. The van der Waals surface area contributed by atoms with Crippen molar-refractivity contribution >= 4 is 11.8 Å². The lowest BCUT2D eigenvalue weighted by atomic mass is 9.54. The van der Waals surface area contributed by atoms with E-state index in [9.17, 15) is 14.7 Å². The Morgan fingerprint density at radius 2 is 2.19 bits per heavy atom. The number of benzene rings is 1. The number of phenols is 1. The predicted molar refractivity (Wildman–Crippen MR) is 103 cm³/mol. The molecule has 4 rings (SSSR count). The van der Waals surface area contributed by atoms with Crippen molar-refractivity contribution in [2.45, 2.75) is 64.4 Å². The summed E-state index contributed by atoms with van der Waals surface area (Å²) in [5.41, 5.74) is 2.95. The quantitative estimate of drug-likeness (QED) is 0.645. The van der Waals surface area contributed by atoms with E-state index < -0.39 is 0 Å². The second-order valence-corrected chi connectivity index (χ2v) is 8.73. The van der Waals surface area contributed by atoms with E-state index in [1.54, 1.807) is 6.08 Å². The molecule has 0 aromatic heterocycles. The predicted octanol–water partition coefficient (Wildman–Crippen LogP) is 4.09. The second-order valence-electron chi connectivity index (χ2n) is 8.73. The minimum atomic E-state index is -0.280. The van der Waals surface area contributed by atoms with Crippen LogP contribution < -0.4 is 0 Å². The fourth-order valence-electron chi connectivity index (χ4n) is 6.07. The molecule has 4 heteroatoms. The number of esters is 1. The van der Waals surface area contributed by atoms with Crippen molar-refractivity contribution in [1.29, 1.82) is 0 Å². The number of allylic oxidation sites excluding steroid dienone is 1. The van der Waals surface area contributed by atoms with Gasteiger partial charge in [0, 0.05) is 31.1 Å². The van der Waals surface area contributed by atoms with Gasteiger partial charge in [0.25, 0.3) is 0 Å². The normalized spacial score (nSPS) is 34.4. The highest BCUT2D eigenvalue weighted by molar-refractivity contribution is 5.87. The van der Waals surface area contributed by atoms with Crippen molar-refractivity contribution in [2.24, 2.45) is 17.3 Å². The number of ether oxygens (including phenoxy) is 1. The van der Waals surface area contributed by atoms with Crippen molar-refractivity contribution in [2.75, 3.05) is 0 Å². The van der Waals surface area contributed by atoms with Crippen molar-refractivity contribution in [3.8, 4) is 5.75 Å². The van der Waals surface area contributed by atoms with Crippen LogP contribution in [0.25, 0.3) is 0 Å². The molecular formula is C23H28O4. The summed E-state index contributed by atoms with van der Waals surface area (Å²) in [6.45, 7) is 7.36. The van der Waals surface area contributed by atoms with Crippen LogP contribution in [0.5, 0.6) is 5.75 Å². The summed E-state index contributed by atoms with van der Waals surface area (Å²) in [6, 6.07) is 3.96. The number of hydrogen-bond donors (Lipinski definition) is 1. The number of phenolic OH excluding ortho intramolecular Hbond substituents is 1. The van der Waals surface area contributed by atoms with Crippen LogP contribution in [0, 0.1) is 17.3 Å². The van der Waals surface area contributed by atoms with Gasteiger partial charge in [-0.3, -0.25) is 9.59 Å². The highest BCUT2D eigenvalue weighted by Gasteiger charge is 2.57. The first-order chi connectivity index (χ1) is 12.8. The summed E-state index contributed by atoms with van der Waals surface area (Å²) in [4.78, 5) is 24.4. The molecule has 0 heterocycles. The van der Waals surface area contributed by atoms with Crippen molar-refractivity contribution in [3.63, 3.8) is 0 Å². The first-order valence-electron chi connectivity index (χ1n) is 10.0. The highest BCUT2D eigenvalue weighted by atomic mass is 16.5. The van der Waals surface area contributed by atoms with Crippen molar-refractivity contribution in [3.05, 3.63) is 41.5 Å². The molecule has 3 aliphatic carbocycles. The van der Waals surface area contributed by atoms with E-state index in [4.69, 9.17) is 4.74 Å². The first-order valence-corrected chi connectivity index (χ1v) is 10.0. The summed E-state index contributed by atoms with van der Waals surface area (Å²) in [7, 11) is 0. The SMILES string of the molecule is C=CCc1cc2c(cc1O)C[C@H](OC(C)=O)C1C2CC[C@]2(C)C(=O)CCC12. The number of ketones is 1. The largest absolute Gasteiger partial charge is 0.508 e. The third-order valence-corrected chi connectivity index (χ3v) is 7.31. The number of Topliss-reactive ketones (excluding diaryl/α,β-unsaturated/α-hetero) is 1. The van der Waals surface area contributed by atoms with E-state index >= 15 is 0 Å². The van der Waals surface area contributed by atoms with Gasteiger partial charge in [-0.25, -0.2) is 0 Å². The summed E-state index contributed by atoms with van der Waals surface area (Å²) >= 11 is 0. The van der Waals surface area contributed by atoms with Crippen LogP contribution in [0.15, 0.2) is 24.8 Å². The molecule has 1 aromatic carbocycles. The van der Waals surface area contributed by atoms with Gasteiger partial charge < -0.3 is 9.84 Å². The molecule has 27 heavy (non-hydrogen) atoms. The van der Waals surface area contributed by atoms with E-state index in [-0.39, 0.29) is 41.0 Å². The molecule has 144 valence electrons. The third kappa shape index (κ3) is 2.81. The summed E-state index contributed by atoms with van der Waals surface area (Å²) < 4.78 is 5.78. The van der Waals surface area contributed by atoms with Gasteiger partial charge in [-0.1, -0.05) is 19.1 Å². The fourth-order valence-corrected chi connectivity index (χ4v) is 6.07. The van der Waals surface area contributed by atoms with Crippen LogP contribution in [0.3, 0.4) is 0 Å². The molecular weight excluding hydrogens is 340 g/mol. The molecule has 0 radical (unpaired) electrons. The van der Waals surface area contributed by atoms with Crippen molar-refractivity contribution < 1.29 is 19.4 Å². The maximum atomic E-state index is 12.6. The molecule has 1 aromatic rings. The molecule has 5 atom stereocenters. The lowest BCUT2D eigenvalue weighted by Crippen LogP contribution is -2.49. The monoisotopic (exact) mass is 368 g/mol. The number of carbonyl (C=O) groups excluding carboxylic acids is 2. The summed E-state index contributed by atoms with van der Waals surface area (Å²) in [6.07, 6.45) is 6.16. The van der Waals surface area contributed by atoms with E-state index in [1.807, 2.05) is 6.07 Å². The Kier molecular flexibility index (Phi) is 4.40. The van der Waals surface area contributed by atoms with E-state index in [1.165, 1.54) is 12.5 Å². The zero-order valence-electron chi connectivity index (χ0n) is 16.2. The van der Waals surface area contributed by atoms with Gasteiger partial charge in [-0.05, 0) is 60.3 Å². The number of fused-ring (bicyclic) bond motifs is 5. The van der Waals surface area contributed by atoms with Gasteiger partial charge in [0.05, 0.1) is 0 Å². The smallest absolute Gasteiger partial charge is 0.302 e. The van der Waals surface area contributed by atoms with E-state index in [0.717, 1.165) is 30.4 Å². The number of hydrogen-bond acceptors (Lipinski definition) is 4. The van der Waals surface area contributed by atoms with E-state index in [0.29, 0.717) is 25.0 Å². The molecule has 0 aliphatic heterocycles. The number of aromatic hydroxyl groups is 1. The third-order valence-electron chi connectivity index (χ3n) is 7.31. The zero-order valence-corrected chi connectivity index (χ0v) is 16.2. The molecule has 2 saturated carbocycles. The van der Waals surface area contributed by atoms with Crippen molar-refractivity contribution in [1.82, 2.24) is 0 Å². The van der Waals surface area contributed by atoms with Gasteiger partial charge >= 0.3 is 5.97 Å². The van der Waals surface area contributed by atoms with Crippen LogP contribution in [0.2, 0.25) is 0 Å².